The molecule has 1 aliphatic rings. The number of aryl methyl sites for hydroxylation is 2. The van der Waals surface area contributed by atoms with Gasteiger partial charge in [-0.1, -0.05) is 6.07 Å². The molecule has 6 heteroatoms. The topological polar surface area (TPSA) is 54.9 Å². The predicted octanol–water partition coefficient (Wildman–Crippen LogP) is 3.26. The average Bonchev–Trinajstić information content (AvgIpc) is 2.98. The standard InChI is InChI=1S/C17H21N3OS2/c21-15(9-12-22-16-7-3-4-10-19-16)18-11-8-17-20-13-5-1-2-6-14(13)23-17/h3-4,7,10H,1-2,5-6,8-9,11-12H2,(H,18,21). The summed E-state index contributed by atoms with van der Waals surface area (Å²) in [6, 6.07) is 5.82. The van der Waals surface area contributed by atoms with E-state index in [-0.39, 0.29) is 5.91 Å². The lowest BCUT2D eigenvalue weighted by Crippen LogP contribution is -2.25. The fraction of sp³-hybridized carbons (Fsp3) is 0.471. The Balaban J connectivity index is 1.34. The molecular weight excluding hydrogens is 326 g/mol. The molecule has 1 N–H and O–H groups in total. The molecule has 0 saturated heterocycles. The molecule has 2 heterocycles. The number of fused-ring (bicyclic) bond motifs is 1. The molecule has 2 aromatic heterocycles. The van der Waals surface area contributed by atoms with Crippen molar-refractivity contribution in [1.82, 2.24) is 15.3 Å². The van der Waals surface area contributed by atoms with Crippen molar-refractivity contribution in [2.24, 2.45) is 0 Å². The highest BCUT2D eigenvalue weighted by atomic mass is 32.2. The van der Waals surface area contributed by atoms with Crippen LogP contribution in [0.25, 0.3) is 0 Å². The first-order valence-electron chi connectivity index (χ1n) is 8.09. The number of pyridine rings is 1. The summed E-state index contributed by atoms with van der Waals surface area (Å²) in [5.41, 5.74) is 1.30. The van der Waals surface area contributed by atoms with Crippen molar-refractivity contribution in [3.05, 3.63) is 40.0 Å². The van der Waals surface area contributed by atoms with E-state index in [1.54, 1.807) is 18.0 Å². The van der Waals surface area contributed by atoms with Crippen molar-refractivity contribution >= 4 is 29.0 Å². The maximum Gasteiger partial charge on any atom is 0.220 e. The fourth-order valence-electron chi connectivity index (χ4n) is 2.59. The molecule has 23 heavy (non-hydrogen) atoms. The maximum absolute atomic E-state index is 11.9. The smallest absolute Gasteiger partial charge is 0.220 e. The number of nitrogens with zero attached hydrogens (tertiary/aromatic N) is 2. The first-order valence-corrected chi connectivity index (χ1v) is 9.89. The Kier molecular flexibility index (Phi) is 6.05. The number of hydrogen-bond donors (Lipinski definition) is 1. The molecule has 0 unspecified atom stereocenters. The lowest BCUT2D eigenvalue weighted by molar-refractivity contribution is -0.120. The van der Waals surface area contributed by atoms with Gasteiger partial charge in [0.05, 0.1) is 15.7 Å². The number of aromatic nitrogens is 2. The Hall–Kier alpha value is -1.40. The molecule has 0 fully saturated rings. The van der Waals surface area contributed by atoms with E-state index in [0.29, 0.717) is 13.0 Å². The summed E-state index contributed by atoms with van der Waals surface area (Å²) < 4.78 is 0. The number of rotatable bonds is 7. The molecule has 0 spiro atoms. The van der Waals surface area contributed by atoms with Crippen molar-refractivity contribution in [3.8, 4) is 0 Å². The summed E-state index contributed by atoms with van der Waals surface area (Å²) in [6.07, 6.45) is 8.01. The summed E-state index contributed by atoms with van der Waals surface area (Å²) >= 11 is 3.44. The lowest BCUT2D eigenvalue weighted by Gasteiger charge is -2.06. The van der Waals surface area contributed by atoms with Crippen LogP contribution in [0.2, 0.25) is 0 Å². The third-order valence-corrected chi connectivity index (χ3v) is 5.93. The van der Waals surface area contributed by atoms with E-state index >= 15 is 0 Å². The third-order valence-electron chi connectivity index (χ3n) is 3.77. The summed E-state index contributed by atoms with van der Waals surface area (Å²) in [4.78, 5) is 22.3. The van der Waals surface area contributed by atoms with Crippen LogP contribution < -0.4 is 5.32 Å². The zero-order valence-electron chi connectivity index (χ0n) is 13.1. The molecule has 1 amide bonds. The number of hydrogen-bond acceptors (Lipinski definition) is 5. The van der Waals surface area contributed by atoms with E-state index in [4.69, 9.17) is 4.98 Å². The van der Waals surface area contributed by atoms with Crippen molar-refractivity contribution < 1.29 is 4.79 Å². The van der Waals surface area contributed by atoms with E-state index in [1.807, 2.05) is 29.5 Å². The minimum absolute atomic E-state index is 0.106. The van der Waals surface area contributed by atoms with Crippen molar-refractivity contribution in [2.75, 3.05) is 12.3 Å². The van der Waals surface area contributed by atoms with E-state index in [2.05, 4.69) is 10.3 Å². The van der Waals surface area contributed by atoms with Gasteiger partial charge in [0.2, 0.25) is 5.91 Å². The lowest BCUT2D eigenvalue weighted by atomic mass is 10.0. The molecule has 4 nitrogen and oxygen atoms in total. The normalized spacial score (nSPS) is 13.6. The molecule has 122 valence electrons. The van der Waals surface area contributed by atoms with Crippen LogP contribution in [0.4, 0.5) is 0 Å². The molecule has 0 radical (unpaired) electrons. The minimum Gasteiger partial charge on any atom is -0.356 e. The summed E-state index contributed by atoms with van der Waals surface area (Å²) in [7, 11) is 0. The van der Waals surface area contributed by atoms with Crippen molar-refractivity contribution in [2.45, 2.75) is 43.6 Å². The van der Waals surface area contributed by atoms with Gasteiger partial charge in [-0.2, -0.15) is 0 Å². The van der Waals surface area contributed by atoms with Crippen LogP contribution in [0.15, 0.2) is 29.4 Å². The van der Waals surface area contributed by atoms with Crippen LogP contribution in [-0.4, -0.2) is 28.2 Å². The number of amides is 1. The molecule has 3 rings (SSSR count). The Morgan fingerprint density at radius 1 is 1.30 bits per heavy atom. The minimum atomic E-state index is 0.106. The second-order valence-corrected chi connectivity index (χ2v) is 7.83. The number of nitrogens with one attached hydrogen (secondary N) is 1. The van der Waals surface area contributed by atoms with Gasteiger partial charge in [-0.25, -0.2) is 9.97 Å². The fourth-order valence-corrected chi connectivity index (χ4v) is 4.55. The van der Waals surface area contributed by atoms with Crippen molar-refractivity contribution in [1.29, 1.82) is 0 Å². The van der Waals surface area contributed by atoms with Gasteiger partial charge >= 0.3 is 0 Å². The molecule has 0 aliphatic heterocycles. The van der Waals surface area contributed by atoms with Crippen LogP contribution in [0.1, 0.15) is 34.8 Å². The monoisotopic (exact) mass is 347 g/mol. The highest BCUT2D eigenvalue weighted by Gasteiger charge is 2.14. The average molecular weight is 348 g/mol. The molecule has 2 aromatic rings. The van der Waals surface area contributed by atoms with Crippen LogP contribution >= 0.6 is 23.1 Å². The Morgan fingerprint density at radius 3 is 3.04 bits per heavy atom. The first kappa shape index (κ1) is 16.5. The van der Waals surface area contributed by atoms with Gasteiger partial charge in [0.1, 0.15) is 0 Å². The maximum atomic E-state index is 11.9. The van der Waals surface area contributed by atoms with Crippen LogP contribution in [-0.2, 0) is 24.1 Å². The summed E-state index contributed by atoms with van der Waals surface area (Å²) in [6.45, 7) is 0.680. The Labute approximate surface area is 145 Å². The zero-order chi connectivity index (χ0) is 15.9. The number of thioether (sulfide) groups is 1. The Bertz CT molecular complexity index is 619. The molecule has 0 bridgehead atoms. The second-order valence-electron chi connectivity index (χ2n) is 5.55. The summed E-state index contributed by atoms with van der Waals surface area (Å²) in [5.74, 6) is 0.865. The van der Waals surface area contributed by atoms with Gasteiger partial charge in [-0.05, 0) is 37.8 Å². The van der Waals surface area contributed by atoms with Crippen LogP contribution in [0.5, 0.6) is 0 Å². The molecule has 0 aromatic carbocycles. The Morgan fingerprint density at radius 2 is 2.22 bits per heavy atom. The van der Waals surface area contributed by atoms with E-state index in [9.17, 15) is 4.79 Å². The highest BCUT2D eigenvalue weighted by Crippen LogP contribution is 2.26. The van der Waals surface area contributed by atoms with E-state index in [0.717, 1.165) is 23.6 Å². The quantitative estimate of drug-likeness (QED) is 0.781. The SMILES string of the molecule is O=C(CCSc1ccccn1)NCCc1nc2c(s1)CCCC2. The van der Waals surface area contributed by atoms with E-state index < -0.39 is 0 Å². The van der Waals surface area contributed by atoms with E-state index in [1.165, 1.54) is 34.8 Å². The highest BCUT2D eigenvalue weighted by molar-refractivity contribution is 7.99. The van der Waals surface area contributed by atoms with Gasteiger partial charge in [-0.15, -0.1) is 23.1 Å². The molecule has 0 atom stereocenters. The number of carbonyl (C=O) groups excluding carboxylic acids is 1. The first-order chi connectivity index (χ1) is 11.3. The predicted molar refractivity (Wildman–Crippen MR) is 95.0 cm³/mol. The van der Waals surface area contributed by atoms with Crippen LogP contribution in [0, 0.1) is 0 Å². The van der Waals surface area contributed by atoms with Gasteiger partial charge in [0.15, 0.2) is 0 Å². The zero-order valence-corrected chi connectivity index (χ0v) is 14.7. The van der Waals surface area contributed by atoms with Gasteiger partial charge in [0.25, 0.3) is 0 Å². The van der Waals surface area contributed by atoms with Gasteiger partial charge in [-0.3, -0.25) is 4.79 Å². The third kappa shape index (κ3) is 5.04. The largest absolute Gasteiger partial charge is 0.356 e. The van der Waals surface area contributed by atoms with Crippen LogP contribution in [0.3, 0.4) is 0 Å². The second kappa shape index (κ2) is 8.45. The van der Waals surface area contributed by atoms with Gasteiger partial charge in [0, 0.05) is 36.2 Å². The molecular formula is C17H21N3OS2. The molecule has 0 saturated carbocycles. The number of carbonyl (C=O) groups is 1. The molecule has 1 aliphatic carbocycles. The summed E-state index contributed by atoms with van der Waals surface area (Å²) in [5, 5.41) is 5.12. The van der Waals surface area contributed by atoms with Crippen molar-refractivity contribution in [3.63, 3.8) is 0 Å². The van der Waals surface area contributed by atoms with Gasteiger partial charge < -0.3 is 5.32 Å². The number of thiazole rings is 1.